The summed E-state index contributed by atoms with van der Waals surface area (Å²) in [6.07, 6.45) is 0. The molecule has 0 aliphatic carbocycles. The minimum atomic E-state index is -0.252. The molecule has 2 aromatic carbocycles. The van der Waals surface area contributed by atoms with Crippen molar-refractivity contribution in [1.82, 2.24) is 5.32 Å². The van der Waals surface area contributed by atoms with Gasteiger partial charge in [-0.3, -0.25) is 0 Å². The van der Waals surface area contributed by atoms with Crippen LogP contribution in [-0.4, -0.2) is 14.2 Å². The van der Waals surface area contributed by atoms with Gasteiger partial charge in [-0.2, -0.15) is 0 Å². The maximum Gasteiger partial charge on any atom is 0.131 e. The van der Waals surface area contributed by atoms with Crippen LogP contribution in [0.5, 0.6) is 5.75 Å². The summed E-state index contributed by atoms with van der Waals surface area (Å²) in [5.41, 5.74) is 1.57. The predicted octanol–water partition coefficient (Wildman–Crippen LogP) is 4.07. The molecular weight excluding hydrogens is 265 g/mol. The lowest BCUT2D eigenvalue weighted by molar-refractivity contribution is 0.355. The van der Waals surface area contributed by atoms with Crippen LogP contribution in [-0.2, 0) is 5.41 Å². The van der Waals surface area contributed by atoms with Crippen LogP contribution in [0.25, 0.3) is 0 Å². The molecular formula is C18H22FNO. The van der Waals surface area contributed by atoms with Crippen molar-refractivity contribution in [3.05, 3.63) is 65.5 Å². The second-order valence-electron chi connectivity index (χ2n) is 5.70. The number of benzene rings is 2. The van der Waals surface area contributed by atoms with Crippen molar-refractivity contribution in [1.29, 1.82) is 0 Å². The summed E-state index contributed by atoms with van der Waals surface area (Å²) in [5, 5.41) is 3.25. The number of rotatable bonds is 5. The Morgan fingerprint density at radius 3 is 2.29 bits per heavy atom. The molecule has 3 heteroatoms. The van der Waals surface area contributed by atoms with Crippen molar-refractivity contribution >= 4 is 0 Å². The Morgan fingerprint density at radius 2 is 1.76 bits per heavy atom. The summed E-state index contributed by atoms with van der Waals surface area (Å²) in [6, 6.07) is 15.0. The van der Waals surface area contributed by atoms with E-state index in [-0.39, 0.29) is 17.3 Å². The largest absolute Gasteiger partial charge is 0.497 e. The second kappa shape index (κ2) is 6.27. The SMILES string of the molecule is CNC(c1ccc(OC)cc1F)C(C)(C)c1ccccc1. The zero-order valence-electron chi connectivity index (χ0n) is 13.0. The van der Waals surface area contributed by atoms with Crippen LogP contribution in [0.1, 0.15) is 31.0 Å². The molecule has 1 N–H and O–H groups in total. The molecule has 1 atom stereocenters. The molecule has 21 heavy (non-hydrogen) atoms. The Morgan fingerprint density at radius 1 is 1.10 bits per heavy atom. The monoisotopic (exact) mass is 287 g/mol. The maximum atomic E-state index is 14.4. The molecule has 0 saturated heterocycles. The van der Waals surface area contributed by atoms with E-state index < -0.39 is 0 Å². The van der Waals surface area contributed by atoms with Gasteiger partial charge in [-0.25, -0.2) is 4.39 Å². The molecule has 0 heterocycles. The zero-order chi connectivity index (χ0) is 15.5. The summed E-state index contributed by atoms with van der Waals surface area (Å²) in [6.45, 7) is 4.24. The maximum absolute atomic E-state index is 14.4. The van der Waals surface area contributed by atoms with Crippen LogP contribution in [0.15, 0.2) is 48.5 Å². The Bertz CT molecular complexity index is 595. The molecule has 0 amide bonds. The highest BCUT2D eigenvalue weighted by atomic mass is 19.1. The fourth-order valence-corrected chi connectivity index (χ4v) is 2.81. The van der Waals surface area contributed by atoms with Gasteiger partial charge in [0.15, 0.2) is 0 Å². The average molecular weight is 287 g/mol. The normalized spacial score (nSPS) is 13.0. The van der Waals surface area contributed by atoms with E-state index in [2.05, 4.69) is 31.3 Å². The molecule has 0 fully saturated rings. The standard InChI is InChI=1S/C18H22FNO/c1-18(2,13-8-6-5-7-9-13)17(20-3)15-11-10-14(21-4)12-16(15)19/h5-12,17,20H,1-4H3. The highest BCUT2D eigenvalue weighted by Crippen LogP contribution is 2.38. The molecule has 112 valence electrons. The van der Waals surface area contributed by atoms with Gasteiger partial charge in [0, 0.05) is 23.1 Å². The molecule has 0 spiro atoms. The molecule has 2 aromatic rings. The Balaban J connectivity index is 2.44. The van der Waals surface area contributed by atoms with Crippen LogP contribution in [0.2, 0.25) is 0 Å². The smallest absolute Gasteiger partial charge is 0.131 e. The lowest BCUT2D eigenvalue weighted by atomic mass is 9.75. The van der Waals surface area contributed by atoms with Crippen molar-refractivity contribution < 1.29 is 9.13 Å². The van der Waals surface area contributed by atoms with Crippen LogP contribution in [0.4, 0.5) is 4.39 Å². The molecule has 0 bridgehead atoms. The van der Waals surface area contributed by atoms with Crippen LogP contribution < -0.4 is 10.1 Å². The first-order valence-electron chi connectivity index (χ1n) is 7.07. The molecule has 0 aliphatic heterocycles. The van der Waals surface area contributed by atoms with Gasteiger partial charge in [-0.05, 0) is 18.7 Å². The van der Waals surface area contributed by atoms with E-state index >= 15 is 0 Å². The number of ether oxygens (including phenoxy) is 1. The number of nitrogens with one attached hydrogen (secondary N) is 1. The average Bonchev–Trinajstić information content (AvgIpc) is 2.50. The van der Waals surface area contributed by atoms with Gasteiger partial charge < -0.3 is 10.1 Å². The minimum Gasteiger partial charge on any atom is -0.497 e. The van der Waals surface area contributed by atoms with E-state index in [0.29, 0.717) is 11.3 Å². The van der Waals surface area contributed by atoms with Crippen molar-refractivity contribution in [2.75, 3.05) is 14.2 Å². The summed E-state index contributed by atoms with van der Waals surface area (Å²) >= 11 is 0. The Hall–Kier alpha value is -1.87. The third kappa shape index (κ3) is 3.08. The zero-order valence-corrected chi connectivity index (χ0v) is 13.0. The number of hydrogen-bond acceptors (Lipinski definition) is 2. The Kier molecular flexibility index (Phi) is 4.63. The first kappa shape index (κ1) is 15.5. The van der Waals surface area contributed by atoms with Gasteiger partial charge in [-0.15, -0.1) is 0 Å². The van der Waals surface area contributed by atoms with E-state index in [4.69, 9.17) is 4.74 Å². The van der Waals surface area contributed by atoms with Crippen LogP contribution >= 0.6 is 0 Å². The number of halogens is 1. The van der Waals surface area contributed by atoms with E-state index in [1.54, 1.807) is 12.1 Å². The first-order chi connectivity index (χ1) is 10.0. The van der Waals surface area contributed by atoms with E-state index in [1.165, 1.54) is 18.7 Å². The third-order valence-electron chi connectivity index (χ3n) is 4.05. The fourth-order valence-electron chi connectivity index (χ4n) is 2.81. The Labute approximate surface area is 126 Å². The number of likely N-dealkylation sites (N-methyl/N-ethyl adjacent to an activating group) is 1. The van der Waals surface area contributed by atoms with Crippen LogP contribution in [0, 0.1) is 5.82 Å². The summed E-state index contributed by atoms with van der Waals surface area (Å²) in [7, 11) is 3.40. The van der Waals surface area contributed by atoms with Gasteiger partial charge in [0.1, 0.15) is 11.6 Å². The quantitative estimate of drug-likeness (QED) is 0.895. The lowest BCUT2D eigenvalue weighted by Gasteiger charge is -2.35. The lowest BCUT2D eigenvalue weighted by Crippen LogP contribution is -2.36. The van der Waals surface area contributed by atoms with Crippen molar-refractivity contribution in [3.63, 3.8) is 0 Å². The molecule has 2 rings (SSSR count). The van der Waals surface area contributed by atoms with E-state index in [9.17, 15) is 4.39 Å². The number of methoxy groups -OCH3 is 1. The molecule has 1 unspecified atom stereocenters. The molecule has 0 radical (unpaired) electrons. The van der Waals surface area contributed by atoms with Gasteiger partial charge in [0.25, 0.3) is 0 Å². The molecule has 0 aliphatic rings. The second-order valence-corrected chi connectivity index (χ2v) is 5.70. The first-order valence-corrected chi connectivity index (χ1v) is 7.07. The minimum absolute atomic E-state index is 0.134. The van der Waals surface area contributed by atoms with Gasteiger partial charge in [0.2, 0.25) is 0 Å². The van der Waals surface area contributed by atoms with Gasteiger partial charge in [0.05, 0.1) is 7.11 Å². The predicted molar refractivity (Wildman–Crippen MR) is 84.2 cm³/mol. The highest BCUT2D eigenvalue weighted by Gasteiger charge is 2.33. The van der Waals surface area contributed by atoms with Crippen molar-refractivity contribution in [3.8, 4) is 5.75 Å². The van der Waals surface area contributed by atoms with Gasteiger partial charge in [-0.1, -0.05) is 50.2 Å². The van der Waals surface area contributed by atoms with E-state index in [0.717, 1.165) is 0 Å². The molecule has 0 aromatic heterocycles. The van der Waals surface area contributed by atoms with Crippen molar-refractivity contribution in [2.24, 2.45) is 0 Å². The van der Waals surface area contributed by atoms with Crippen molar-refractivity contribution in [2.45, 2.75) is 25.3 Å². The fraction of sp³-hybridized carbons (Fsp3) is 0.333. The summed E-state index contributed by atoms with van der Waals surface area (Å²) in [5.74, 6) is 0.279. The number of hydrogen-bond donors (Lipinski definition) is 1. The van der Waals surface area contributed by atoms with Crippen LogP contribution in [0.3, 0.4) is 0 Å². The summed E-state index contributed by atoms with van der Waals surface area (Å²) in [4.78, 5) is 0. The molecule has 0 saturated carbocycles. The van der Waals surface area contributed by atoms with E-state index in [1.807, 2.05) is 25.2 Å². The highest BCUT2D eigenvalue weighted by molar-refractivity contribution is 5.36. The summed E-state index contributed by atoms with van der Waals surface area (Å²) < 4.78 is 19.5. The third-order valence-corrected chi connectivity index (χ3v) is 4.05. The van der Waals surface area contributed by atoms with Gasteiger partial charge >= 0.3 is 0 Å². The topological polar surface area (TPSA) is 21.3 Å². The molecule has 2 nitrogen and oxygen atoms in total.